The Balaban J connectivity index is 0.881. The molecule has 0 atom stereocenters. The summed E-state index contributed by atoms with van der Waals surface area (Å²) in [4.78, 5) is 29.2. The van der Waals surface area contributed by atoms with E-state index >= 15 is 0 Å². The third-order valence-electron chi connectivity index (χ3n) is 6.32. The number of nitrogens with zero attached hydrogens (tertiary/aromatic N) is 4. The van der Waals surface area contributed by atoms with Crippen LogP contribution in [0, 0.1) is 0 Å². The van der Waals surface area contributed by atoms with Crippen molar-refractivity contribution in [1.82, 2.24) is 19.9 Å². The van der Waals surface area contributed by atoms with Gasteiger partial charge in [-0.05, 0) is 48.5 Å². The molecule has 2 aromatic carbocycles. The molecule has 0 unspecified atom stereocenters. The van der Waals surface area contributed by atoms with E-state index in [1.54, 1.807) is 24.8 Å². The van der Waals surface area contributed by atoms with Crippen LogP contribution >= 0.6 is 0 Å². The Morgan fingerprint density at radius 3 is 1.35 bits per heavy atom. The summed E-state index contributed by atoms with van der Waals surface area (Å²) in [6.07, 6.45) is 7.08. The Labute approximate surface area is 230 Å². The van der Waals surface area contributed by atoms with Gasteiger partial charge in [0.1, 0.15) is 0 Å². The van der Waals surface area contributed by atoms with Gasteiger partial charge in [-0.1, -0.05) is 12.1 Å². The largest absolute Gasteiger partial charge is 0.377 e. The first-order valence-electron chi connectivity index (χ1n) is 13.0. The molecule has 10 nitrogen and oxygen atoms in total. The number of hydrogen-bond acceptors (Lipinski definition) is 10. The normalized spacial score (nSPS) is 11.5. The first kappa shape index (κ1) is 25.8. The average molecular weight is 537 g/mol. The topological polar surface area (TPSA) is 113 Å². The van der Waals surface area contributed by atoms with E-state index in [2.05, 4.69) is 30.9 Å². The fourth-order valence-electron chi connectivity index (χ4n) is 4.50. The minimum Gasteiger partial charge on any atom is -0.377 e. The number of benzene rings is 2. The molecule has 0 aliphatic rings. The van der Waals surface area contributed by atoms with Crippen molar-refractivity contribution in [2.75, 3.05) is 50.6 Å². The first-order valence-corrected chi connectivity index (χ1v) is 13.0. The van der Waals surface area contributed by atoms with Gasteiger partial charge in [0.05, 0.1) is 73.1 Å². The smallest absolute Gasteiger partial charge is 0.0986 e. The van der Waals surface area contributed by atoms with Crippen LogP contribution in [-0.4, -0.2) is 59.6 Å². The molecule has 40 heavy (non-hydrogen) atoms. The summed E-state index contributed by atoms with van der Waals surface area (Å²) in [5.41, 5.74) is 11.1. The van der Waals surface area contributed by atoms with Crippen LogP contribution in [-0.2, 0) is 19.1 Å². The molecule has 6 rings (SSSR count). The van der Waals surface area contributed by atoms with Gasteiger partial charge in [-0.3, -0.25) is 40.6 Å². The summed E-state index contributed by atoms with van der Waals surface area (Å²) >= 11 is 0. The van der Waals surface area contributed by atoms with Crippen molar-refractivity contribution in [3.8, 4) is 0 Å². The van der Waals surface area contributed by atoms with Crippen LogP contribution < -0.4 is 11.0 Å². The number of pyridine rings is 4. The van der Waals surface area contributed by atoms with E-state index in [9.17, 15) is 0 Å². The molecule has 0 saturated carbocycles. The lowest BCUT2D eigenvalue weighted by atomic mass is 10.1. The van der Waals surface area contributed by atoms with Crippen LogP contribution in [0.1, 0.15) is 0 Å². The molecular formula is C30H28N6O4. The molecule has 0 bridgehead atoms. The number of rotatable bonds is 13. The number of nitrogens with one attached hydrogen (secondary N) is 2. The molecule has 4 heterocycles. The molecule has 0 saturated heterocycles. The second-order valence-electron chi connectivity index (χ2n) is 8.92. The molecule has 4 aromatic heterocycles. The lowest BCUT2D eigenvalue weighted by molar-refractivity contribution is 0.0102. The quantitative estimate of drug-likeness (QED) is 0.115. The predicted octanol–water partition coefficient (Wildman–Crippen LogP) is 5.30. The van der Waals surface area contributed by atoms with E-state index in [1.165, 1.54) is 0 Å². The van der Waals surface area contributed by atoms with Gasteiger partial charge in [-0.25, -0.2) is 0 Å². The minimum atomic E-state index is 0.379. The van der Waals surface area contributed by atoms with Crippen LogP contribution in [0.4, 0.5) is 11.4 Å². The van der Waals surface area contributed by atoms with E-state index < -0.39 is 0 Å². The first-order chi connectivity index (χ1) is 19.9. The van der Waals surface area contributed by atoms with Crippen molar-refractivity contribution in [2.24, 2.45) is 0 Å². The van der Waals surface area contributed by atoms with E-state index in [0.29, 0.717) is 39.6 Å². The van der Waals surface area contributed by atoms with E-state index in [0.717, 1.165) is 55.0 Å². The summed E-state index contributed by atoms with van der Waals surface area (Å²) in [5.74, 6) is 0. The van der Waals surface area contributed by atoms with Crippen LogP contribution in [0.3, 0.4) is 0 Å². The highest BCUT2D eigenvalue weighted by Gasteiger charge is 2.09. The summed E-state index contributed by atoms with van der Waals surface area (Å²) in [7, 11) is 0. The van der Waals surface area contributed by atoms with Crippen molar-refractivity contribution in [3.63, 3.8) is 0 Å². The van der Waals surface area contributed by atoms with Crippen LogP contribution in [0.2, 0.25) is 0 Å². The predicted molar refractivity (Wildman–Crippen MR) is 155 cm³/mol. The van der Waals surface area contributed by atoms with Crippen LogP contribution in [0.15, 0.2) is 85.5 Å². The molecule has 10 heteroatoms. The third-order valence-corrected chi connectivity index (χ3v) is 6.32. The van der Waals surface area contributed by atoms with E-state index in [4.69, 9.17) is 19.1 Å². The van der Waals surface area contributed by atoms with Gasteiger partial charge in [0.25, 0.3) is 0 Å². The Morgan fingerprint density at radius 2 is 0.875 bits per heavy atom. The second kappa shape index (κ2) is 12.6. The van der Waals surface area contributed by atoms with Gasteiger partial charge >= 0.3 is 0 Å². The fourth-order valence-corrected chi connectivity index (χ4v) is 4.50. The average Bonchev–Trinajstić information content (AvgIpc) is 3.01. The Bertz CT molecular complexity index is 1620. The van der Waals surface area contributed by atoms with Crippen molar-refractivity contribution in [1.29, 1.82) is 0 Å². The molecule has 0 amide bonds. The number of hydrogen-bond donors (Lipinski definition) is 2. The molecule has 0 radical (unpaired) electrons. The Kier molecular flexibility index (Phi) is 8.11. The standard InChI is InChI=1S/C30H28N6O4/c1-5-21-19-25(23-7-3-11-33-29(23)27(21)31-9-1)35-39-17-15-37-13-14-38-16-18-40-36-26-20-22-6-2-10-32-28(22)30-24(26)8-4-12-34-30/h1-12,19-20,35-36H,13-18H2. The number of ether oxygens (including phenoxy) is 2. The monoisotopic (exact) mass is 536 g/mol. The number of anilines is 2. The highest BCUT2D eigenvalue weighted by Crippen LogP contribution is 2.30. The molecule has 6 aromatic rings. The van der Waals surface area contributed by atoms with Crippen molar-refractivity contribution in [3.05, 3.63) is 85.5 Å². The van der Waals surface area contributed by atoms with Gasteiger partial charge < -0.3 is 9.47 Å². The highest BCUT2D eigenvalue weighted by molar-refractivity contribution is 6.09. The van der Waals surface area contributed by atoms with Crippen molar-refractivity contribution >= 4 is 55.0 Å². The zero-order valence-electron chi connectivity index (χ0n) is 21.7. The molecule has 0 aliphatic heterocycles. The highest BCUT2D eigenvalue weighted by atomic mass is 16.7. The molecule has 0 aliphatic carbocycles. The maximum atomic E-state index is 5.64. The van der Waals surface area contributed by atoms with Crippen molar-refractivity contribution < 1.29 is 19.1 Å². The molecule has 202 valence electrons. The second-order valence-corrected chi connectivity index (χ2v) is 8.92. The molecule has 2 N–H and O–H groups in total. The summed E-state index contributed by atoms with van der Waals surface area (Å²) in [6.45, 7) is 2.53. The van der Waals surface area contributed by atoms with Crippen LogP contribution in [0.5, 0.6) is 0 Å². The van der Waals surface area contributed by atoms with Gasteiger partial charge in [0, 0.05) is 46.3 Å². The van der Waals surface area contributed by atoms with E-state index in [-0.39, 0.29) is 0 Å². The Morgan fingerprint density at radius 1 is 0.475 bits per heavy atom. The zero-order valence-corrected chi connectivity index (χ0v) is 21.7. The number of fused-ring (bicyclic) bond motifs is 6. The SMILES string of the molecule is c1cnc2c(c1)cc(NOCCOCCOCCONc1cc3cccnc3c3ncccc13)c1cccnc12. The van der Waals surface area contributed by atoms with Gasteiger partial charge in [0.2, 0.25) is 0 Å². The summed E-state index contributed by atoms with van der Waals surface area (Å²) in [6, 6.07) is 19.6. The van der Waals surface area contributed by atoms with Gasteiger partial charge in [-0.15, -0.1) is 0 Å². The fraction of sp³-hybridized carbons (Fsp3) is 0.200. The lowest BCUT2D eigenvalue weighted by Gasteiger charge is -2.12. The molecule has 0 fully saturated rings. The minimum absolute atomic E-state index is 0.379. The molecule has 0 spiro atoms. The maximum Gasteiger partial charge on any atom is 0.0986 e. The van der Waals surface area contributed by atoms with Gasteiger partial charge in [0.15, 0.2) is 0 Å². The third kappa shape index (κ3) is 5.75. The molecular weight excluding hydrogens is 508 g/mol. The van der Waals surface area contributed by atoms with E-state index in [1.807, 2.05) is 60.7 Å². The summed E-state index contributed by atoms with van der Waals surface area (Å²) in [5, 5.41) is 3.88. The van der Waals surface area contributed by atoms with Crippen molar-refractivity contribution in [2.45, 2.75) is 0 Å². The van der Waals surface area contributed by atoms with Crippen LogP contribution in [0.25, 0.3) is 43.6 Å². The van der Waals surface area contributed by atoms with Gasteiger partial charge in [-0.2, -0.15) is 0 Å². The maximum absolute atomic E-state index is 5.64. The lowest BCUT2D eigenvalue weighted by Crippen LogP contribution is -2.14. The zero-order chi connectivity index (χ0) is 27.0. The Hall–Kier alpha value is -4.48. The summed E-state index contributed by atoms with van der Waals surface area (Å²) < 4.78 is 11.2. The number of aromatic nitrogens is 4.